The maximum atomic E-state index is 12.7. The van der Waals surface area contributed by atoms with Crippen molar-refractivity contribution in [2.45, 2.75) is 245 Å². The maximum Gasteiger partial charge on any atom is 0.306 e. The van der Waals surface area contributed by atoms with Gasteiger partial charge in [0.1, 0.15) is 13.2 Å². The largest absolute Gasteiger partial charge is 0.462 e. The Morgan fingerprint density at radius 3 is 1.07 bits per heavy atom. The highest BCUT2D eigenvalue weighted by Crippen LogP contribution is 2.15. The van der Waals surface area contributed by atoms with Crippen LogP contribution in [-0.2, 0) is 28.6 Å². The third-order valence-corrected chi connectivity index (χ3v) is 10.4. The van der Waals surface area contributed by atoms with Crippen molar-refractivity contribution in [1.82, 2.24) is 0 Å². The zero-order valence-corrected chi connectivity index (χ0v) is 37.6. The van der Waals surface area contributed by atoms with Crippen LogP contribution in [0.5, 0.6) is 0 Å². The van der Waals surface area contributed by atoms with E-state index in [9.17, 15) is 14.4 Å². The molecule has 0 rings (SSSR count). The van der Waals surface area contributed by atoms with Crippen LogP contribution < -0.4 is 0 Å². The number of esters is 3. The SMILES string of the molecule is CC\C=C/C=C\C=C/C=C\CCCCCCCC(=O)OCC(COC(=O)CCCCCCCCCCCCC)OC(=O)CCCCCCCCCCCCCCC. The van der Waals surface area contributed by atoms with Crippen LogP contribution in [0.2, 0.25) is 0 Å². The Kier molecular flexibility index (Phi) is 43.9. The molecule has 0 N–H and O–H groups in total. The highest BCUT2D eigenvalue weighted by molar-refractivity contribution is 5.71. The monoisotopic (exact) mass is 799 g/mol. The molecule has 1 unspecified atom stereocenters. The van der Waals surface area contributed by atoms with Crippen molar-refractivity contribution in [3.8, 4) is 0 Å². The maximum absolute atomic E-state index is 12.7. The second-order valence-electron chi connectivity index (χ2n) is 16.1. The standard InChI is InChI=1S/C51H90O6/c1-4-7-10-13-16-19-22-24-25-27-29-32-35-38-41-44-50(53)56-47-48(46-55-49(52)43-40-37-34-31-28-21-18-15-12-9-6-3)57-51(54)45-42-39-36-33-30-26-23-20-17-14-11-8-5-2/h7,10,13,16,19,22,24-25,48H,4-6,8-9,11-12,14-15,17-18,20-21,23,26-47H2,1-3H3/b10-7-,16-13-,22-19-,25-24-. The predicted octanol–water partition coefficient (Wildman–Crippen LogP) is 15.5. The highest BCUT2D eigenvalue weighted by atomic mass is 16.6. The molecule has 0 aliphatic carbocycles. The van der Waals surface area contributed by atoms with Gasteiger partial charge in [0.05, 0.1) is 0 Å². The van der Waals surface area contributed by atoms with Gasteiger partial charge >= 0.3 is 17.9 Å². The van der Waals surface area contributed by atoms with Crippen molar-refractivity contribution in [3.63, 3.8) is 0 Å². The molecule has 0 saturated heterocycles. The third kappa shape index (κ3) is 44.3. The third-order valence-electron chi connectivity index (χ3n) is 10.4. The van der Waals surface area contributed by atoms with Gasteiger partial charge in [-0.2, -0.15) is 0 Å². The lowest BCUT2D eigenvalue weighted by atomic mass is 10.0. The zero-order chi connectivity index (χ0) is 41.5. The van der Waals surface area contributed by atoms with E-state index >= 15 is 0 Å². The van der Waals surface area contributed by atoms with E-state index < -0.39 is 6.10 Å². The molecule has 0 bridgehead atoms. The molecule has 6 nitrogen and oxygen atoms in total. The van der Waals surface area contributed by atoms with Gasteiger partial charge in [-0.05, 0) is 38.5 Å². The summed E-state index contributed by atoms with van der Waals surface area (Å²) < 4.78 is 16.7. The summed E-state index contributed by atoms with van der Waals surface area (Å²) in [5.74, 6) is -0.897. The second kappa shape index (κ2) is 46.1. The van der Waals surface area contributed by atoms with Crippen molar-refractivity contribution in [2.75, 3.05) is 13.2 Å². The van der Waals surface area contributed by atoms with Crippen molar-refractivity contribution in [2.24, 2.45) is 0 Å². The van der Waals surface area contributed by atoms with Crippen molar-refractivity contribution in [3.05, 3.63) is 48.6 Å². The normalized spacial score (nSPS) is 12.4. The Morgan fingerprint density at radius 1 is 0.368 bits per heavy atom. The Hall–Kier alpha value is -2.63. The van der Waals surface area contributed by atoms with Crippen molar-refractivity contribution in [1.29, 1.82) is 0 Å². The van der Waals surface area contributed by atoms with Crippen LogP contribution in [0, 0.1) is 0 Å². The molecular weight excluding hydrogens is 709 g/mol. The highest BCUT2D eigenvalue weighted by Gasteiger charge is 2.19. The van der Waals surface area contributed by atoms with Gasteiger partial charge in [0, 0.05) is 19.3 Å². The molecular formula is C51H90O6. The zero-order valence-electron chi connectivity index (χ0n) is 37.6. The van der Waals surface area contributed by atoms with Crippen LogP contribution in [0.4, 0.5) is 0 Å². The number of rotatable bonds is 43. The Balaban J connectivity index is 4.40. The smallest absolute Gasteiger partial charge is 0.306 e. The molecule has 6 heteroatoms. The summed E-state index contributed by atoms with van der Waals surface area (Å²) >= 11 is 0. The minimum absolute atomic E-state index is 0.0776. The molecule has 0 aromatic heterocycles. The summed E-state index contributed by atoms with van der Waals surface area (Å²) in [4.78, 5) is 37.8. The van der Waals surface area contributed by atoms with Crippen LogP contribution >= 0.6 is 0 Å². The summed E-state index contributed by atoms with van der Waals surface area (Å²) in [6.45, 7) is 6.48. The van der Waals surface area contributed by atoms with E-state index in [-0.39, 0.29) is 31.1 Å². The molecule has 0 aromatic rings. The minimum atomic E-state index is -0.776. The number of hydrogen-bond donors (Lipinski definition) is 0. The number of unbranched alkanes of at least 4 members (excludes halogenated alkanes) is 27. The van der Waals surface area contributed by atoms with E-state index in [1.54, 1.807) is 0 Å². The second-order valence-corrected chi connectivity index (χ2v) is 16.1. The lowest BCUT2D eigenvalue weighted by molar-refractivity contribution is -0.167. The van der Waals surface area contributed by atoms with Crippen molar-refractivity contribution >= 4 is 17.9 Å². The average Bonchev–Trinajstić information content (AvgIpc) is 3.21. The van der Waals surface area contributed by atoms with Gasteiger partial charge in [0.15, 0.2) is 6.10 Å². The first-order chi connectivity index (χ1) is 28.0. The van der Waals surface area contributed by atoms with Crippen LogP contribution in [-0.4, -0.2) is 37.2 Å². The first kappa shape index (κ1) is 54.4. The number of hydrogen-bond acceptors (Lipinski definition) is 6. The summed E-state index contributed by atoms with van der Waals surface area (Å²) in [7, 11) is 0. The predicted molar refractivity (Wildman–Crippen MR) is 242 cm³/mol. The van der Waals surface area contributed by atoms with E-state index in [0.29, 0.717) is 19.3 Å². The molecule has 0 aliphatic rings. The Labute approximate surface area is 352 Å². The van der Waals surface area contributed by atoms with Gasteiger partial charge in [0.2, 0.25) is 0 Å². The average molecular weight is 799 g/mol. The first-order valence-electron chi connectivity index (χ1n) is 24.2. The fourth-order valence-corrected chi connectivity index (χ4v) is 6.81. The quantitative estimate of drug-likeness (QED) is 0.0265. The molecule has 0 aromatic carbocycles. The van der Waals surface area contributed by atoms with Crippen LogP contribution in [0.25, 0.3) is 0 Å². The number of allylic oxidation sites excluding steroid dienone is 8. The fraction of sp³-hybridized carbons (Fsp3) is 0.784. The van der Waals surface area contributed by atoms with Crippen molar-refractivity contribution < 1.29 is 28.6 Å². The van der Waals surface area contributed by atoms with Crippen LogP contribution in [0.15, 0.2) is 48.6 Å². The summed E-state index contributed by atoms with van der Waals surface area (Å²) in [5, 5.41) is 0. The van der Waals surface area contributed by atoms with E-state index in [1.165, 1.54) is 116 Å². The van der Waals surface area contributed by atoms with E-state index in [4.69, 9.17) is 14.2 Å². The Morgan fingerprint density at radius 2 is 0.684 bits per heavy atom. The molecule has 0 aliphatic heterocycles. The molecule has 0 amide bonds. The lowest BCUT2D eigenvalue weighted by Gasteiger charge is -2.18. The summed E-state index contributed by atoms with van der Waals surface area (Å²) in [6.07, 6.45) is 53.7. The fourth-order valence-electron chi connectivity index (χ4n) is 6.81. The molecule has 0 saturated carbocycles. The van der Waals surface area contributed by atoms with E-state index in [0.717, 1.165) is 83.5 Å². The molecule has 330 valence electrons. The van der Waals surface area contributed by atoms with Gasteiger partial charge < -0.3 is 14.2 Å². The van der Waals surface area contributed by atoms with Gasteiger partial charge in [-0.25, -0.2) is 0 Å². The molecule has 1 atom stereocenters. The number of carbonyl (C=O) groups is 3. The van der Waals surface area contributed by atoms with Gasteiger partial charge in [-0.15, -0.1) is 0 Å². The van der Waals surface area contributed by atoms with E-state index in [2.05, 4.69) is 51.2 Å². The molecule has 0 radical (unpaired) electrons. The summed E-state index contributed by atoms with van der Waals surface area (Å²) in [6, 6.07) is 0. The molecule has 0 spiro atoms. The number of ether oxygens (including phenoxy) is 3. The van der Waals surface area contributed by atoms with Gasteiger partial charge in [-0.3, -0.25) is 14.4 Å². The minimum Gasteiger partial charge on any atom is -0.462 e. The lowest BCUT2D eigenvalue weighted by Crippen LogP contribution is -2.30. The molecule has 57 heavy (non-hydrogen) atoms. The number of carbonyl (C=O) groups excluding carboxylic acids is 3. The molecule has 0 fully saturated rings. The van der Waals surface area contributed by atoms with Gasteiger partial charge in [-0.1, -0.05) is 230 Å². The molecule has 0 heterocycles. The first-order valence-corrected chi connectivity index (χ1v) is 24.2. The Bertz CT molecular complexity index is 1010. The summed E-state index contributed by atoms with van der Waals surface area (Å²) in [5.41, 5.74) is 0. The van der Waals surface area contributed by atoms with Crippen LogP contribution in [0.1, 0.15) is 239 Å². The topological polar surface area (TPSA) is 78.9 Å². The van der Waals surface area contributed by atoms with Gasteiger partial charge in [0.25, 0.3) is 0 Å². The van der Waals surface area contributed by atoms with Crippen LogP contribution in [0.3, 0.4) is 0 Å². The van der Waals surface area contributed by atoms with E-state index in [1.807, 2.05) is 18.2 Å².